The molecule has 2 aromatic rings. The standard InChI is InChI=1S/C27H36N4O2/c1-19-14-31(15-20(2)28-19)24-7-8-26-22(13-24)10-12-30(27(26)33)18-25(32)17-29-11-9-21-5-3-4-6-23(21)16-29/h3-8,13,19-20,25,28,32H,9-12,14-18H2,1-2H3. The fraction of sp³-hybridized carbons (Fsp3) is 0.519. The Hall–Kier alpha value is -2.41. The smallest absolute Gasteiger partial charge is 0.254 e. The van der Waals surface area contributed by atoms with Crippen molar-refractivity contribution in [2.75, 3.05) is 44.2 Å². The summed E-state index contributed by atoms with van der Waals surface area (Å²) in [7, 11) is 0. The van der Waals surface area contributed by atoms with Crippen molar-refractivity contribution in [1.29, 1.82) is 0 Å². The summed E-state index contributed by atoms with van der Waals surface area (Å²) in [5, 5.41) is 14.4. The lowest BCUT2D eigenvalue weighted by Gasteiger charge is -2.38. The van der Waals surface area contributed by atoms with Crippen LogP contribution in [0.2, 0.25) is 0 Å². The lowest BCUT2D eigenvalue weighted by Crippen LogP contribution is -2.54. The highest BCUT2D eigenvalue weighted by Crippen LogP contribution is 2.26. The number of nitrogens with zero attached hydrogens (tertiary/aromatic N) is 3. The second-order valence-corrected chi connectivity index (χ2v) is 10.1. The molecule has 3 aliphatic heterocycles. The predicted octanol–water partition coefficient (Wildman–Crippen LogP) is 2.29. The zero-order chi connectivity index (χ0) is 22.9. The highest BCUT2D eigenvalue weighted by Gasteiger charge is 2.29. The van der Waals surface area contributed by atoms with Crippen molar-refractivity contribution >= 4 is 11.6 Å². The van der Waals surface area contributed by atoms with Gasteiger partial charge in [0.2, 0.25) is 0 Å². The van der Waals surface area contributed by atoms with Gasteiger partial charge in [-0.3, -0.25) is 9.69 Å². The van der Waals surface area contributed by atoms with Crippen molar-refractivity contribution in [2.24, 2.45) is 0 Å². The summed E-state index contributed by atoms with van der Waals surface area (Å²) in [5.74, 6) is 0.0490. The van der Waals surface area contributed by atoms with E-state index in [2.05, 4.69) is 65.4 Å². The minimum atomic E-state index is -0.538. The first kappa shape index (κ1) is 22.4. The number of hydrogen-bond donors (Lipinski definition) is 2. The molecule has 3 aliphatic rings. The van der Waals surface area contributed by atoms with E-state index in [0.29, 0.717) is 31.7 Å². The zero-order valence-corrected chi connectivity index (χ0v) is 19.8. The van der Waals surface area contributed by atoms with Gasteiger partial charge in [0.1, 0.15) is 0 Å². The van der Waals surface area contributed by atoms with Gasteiger partial charge in [-0.15, -0.1) is 0 Å². The van der Waals surface area contributed by atoms with Crippen LogP contribution in [0.4, 0.5) is 5.69 Å². The molecule has 3 heterocycles. The molecule has 6 nitrogen and oxygen atoms in total. The van der Waals surface area contributed by atoms with E-state index >= 15 is 0 Å². The second kappa shape index (κ2) is 9.45. The van der Waals surface area contributed by atoms with Crippen LogP contribution in [0.25, 0.3) is 0 Å². The van der Waals surface area contributed by atoms with E-state index in [9.17, 15) is 9.90 Å². The summed E-state index contributed by atoms with van der Waals surface area (Å²) in [6.07, 6.45) is 1.32. The fourth-order valence-electron chi connectivity index (χ4n) is 5.75. The Kier molecular flexibility index (Phi) is 6.41. The van der Waals surface area contributed by atoms with Crippen LogP contribution in [0.3, 0.4) is 0 Å². The van der Waals surface area contributed by atoms with Crippen molar-refractivity contribution in [3.8, 4) is 0 Å². The summed E-state index contributed by atoms with van der Waals surface area (Å²) in [4.78, 5) is 19.7. The number of β-amino-alcohol motifs (C(OH)–C–C–N with tert-alkyl or cyclic N) is 1. The Balaban J connectivity index is 1.20. The van der Waals surface area contributed by atoms with Crippen molar-refractivity contribution in [3.05, 3.63) is 64.7 Å². The number of anilines is 1. The summed E-state index contributed by atoms with van der Waals surface area (Å²) in [6.45, 7) is 9.89. The number of benzene rings is 2. The normalized spacial score (nSPS) is 24.4. The van der Waals surface area contributed by atoms with Crippen LogP contribution < -0.4 is 10.2 Å². The number of carbonyl (C=O) groups is 1. The Morgan fingerprint density at radius 1 is 0.970 bits per heavy atom. The molecular formula is C27H36N4O2. The van der Waals surface area contributed by atoms with Crippen molar-refractivity contribution in [2.45, 2.75) is 51.4 Å². The van der Waals surface area contributed by atoms with Crippen molar-refractivity contribution < 1.29 is 9.90 Å². The minimum Gasteiger partial charge on any atom is -0.390 e. The number of rotatable bonds is 5. The maximum Gasteiger partial charge on any atom is 0.254 e. The molecule has 0 saturated carbocycles. The maximum atomic E-state index is 13.2. The molecule has 0 aromatic heterocycles. The average molecular weight is 449 g/mol. The lowest BCUT2D eigenvalue weighted by atomic mass is 9.97. The topological polar surface area (TPSA) is 59.1 Å². The molecule has 5 rings (SSSR count). The van der Waals surface area contributed by atoms with Gasteiger partial charge >= 0.3 is 0 Å². The van der Waals surface area contributed by atoms with Crippen LogP contribution in [-0.2, 0) is 19.4 Å². The van der Waals surface area contributed by atoms with Crippen LogP contribution in [0, 0.1) is 0 Å². The lowest BCUT2D eigenvalue weighted by molar-refractivity contribution is 0.0493. The Labute approximate surface area is 197 Å². The van der Waals surface area contributed by atoms with Crippen LogP contribution in [0.1, 0.15) is 40.9 Å². The molecule has 1 fully saturated rings. The van der Waals surface area contributed by atoms with E-state index in [1.165, 1.54) is 16.8 Å². The molecule has 3 unspecified atom stereocenters. The number of aliphatic hydroxyl groups is 1. The zero-order valence-electron chi connectivity index (χ0n) is 19.8. The molecule has 0 radical (unpaired) electrons. The van der Waals surface area contributed by atoms with Crippen molar-refractivity contribution in [1.82, 2.24) is 15.1 Å². The molecule has 33 heavy (non-hydrogen) atoms. The summed E-state index contributed by atoms with van der Waals surface area (Å²) >= 11 is 0. The Morgan fingerprint density at radius 2 is 1.70 bits per heavy atom. The average Bonchev–Trinajstić information content (AvgIpc) is 2.80. The largest absolute Gasteiger partial charge is 0.390 e. The molecule has 1 amide bonds. The van der Waals surface area contributed by atoms with E-state index in [1.54, 1.807) is 0 Å². The van der Waals surface area contributed by atoms with Gasteiger partial charge in [-0.1, -0.05) is 24.3 Å². The quantitative estimate of drug-likeness (QED) is 0.735. The molecule has 176 valence electrons. The summed E-state index contributed by atoms with van der Waals surface area (Å²) in [5.41, 5.74) is 5.90. The Bertz CT molecular complexity index is 999. The number of fused-ring (bicyclic) bond motifs is 2. The van der Waals surface area contributed by atoms with E-state index < -0.39 is 6.10 Å². The molecule has 0 bridgehead atoms. The van der Waals surface area contributed by atoms with Crippen molar-refractivity contribution in [3.63, 3.8) is 0 Å². The number of hydrogen-bond acceptors (Lipinski definition) is 5. The van der Waals surface area contributed by atoms with Gasteiger partial charge in [0.15, 0.2) is 0 Å². The van der Waals surface area contributed by atoms with E-state index in [1.807, 2.05) is 11.0 Å². The molecule has 0 spiro atoms. The molecule has 2 N–H and O–H groups in total. The summed E-state index contributed by atoms with van der Waals surface area (Å²) in [6, 6.07) is 15.7. The third-order valence-electron chi connectivity index (χ3n) is 7.29. The molecule has 1 saturated heterocycles. The number of carbonyl (C=O) groups excluding carboxylic acids is 1. The van der Waals surface area contributed by atoms with Gasteiger partial charge in [-0.2, -0.15) is 0 Å². The fourth-order valence-corrected chi connectivity index (χ4v) is 5.75. The highest BCUT2D eigenvalue weighted by atomic mass is 16.3. The van der Waals surface area contributed by atoms with Crippen LogP contribution in [0.5, 0.6) is 0 Å². The number of aliphatic hydroxyl groups excluding tert-OH is 1. The monoisotopic (exact) mass is 448 g/mol. The molecule has 3 atom stereocenters. The maximum absolute atomic E-state index is 13.2. The van der Waals surface area contributed by atoms with Gasteiger partial charge in [-0.05, 0) is 61.6 Å². The van der Waals surface area contributed by atoms with Gasteiger partial charge in [0, 0.05) is 69.1 Å². The third-order valence-corrected chi connectivity index (χ3v) is 7.29. The number of amides is 1. The van der Waals surface area contributed by atoms with Crippen LogP contribution in [-0.4, -0.2) is 78.3 Å². The van der Waals surface area contributed by atoms with E-state index in [-0.39, 0.29) is 5.91 Å². The first-order valence-corrected chi connectivity index (χ1v) is 12.4. The third kappa shape index (κ3) is 4.93. The summed E-state index contributed by atoms with van der Waals surface area (Å²) < 4.78 is 0. The SMILES string of the molecule is CC1CN(c2ccc3c(c2)CCN(CC(O)CN2CCc4ccccc4C2)C3=O)CC(C)N1. The number of piperazine rings is 1. The molecular weight excluding hydrogens is 412 g/mol. The van der Waals surface area contributed by atoms with Crippen LogP contribution in [0.15, 0.2) is 42.5 Å². The van der Waals surface area contributed by atoms with Crippen LogP contribution >= 0.6 is 0 Å². The van der Waals surface area contributed by atoms with Gasteiger partial charge in [0.25, 0.3) is 5.91 Å². The Morgan fingerprint density at radius 3 is 2.48 bits per heavy atom. The van der Waals surface area contributed by atoms with E-state index in [4.69, 9.17) is 0 Å². The molecule has 6 heteroatoms. The predicted molar refractivity (Wildman–Crippen MR) is 132 cm³/mol. The van der Waals surface area contributed by atoms with Gasteiger partial charge in [0.05, 0.1) is 6.10 Å². The first-order chi connectivity index (χ1) is 16.0. The van der Waals surface area contributed by atoms with Gasteiger partial charge < -0.3 is 20.2 Å². The van der Waals surface area contributed by atoms with Gasteiger partial charge in [-0.25, -0.2) is 0 Å². The molecule has 2 aromatic carbocycles. The highest BCUT2D eigenvalue weighted by molar-refractivity contribution is 5.97. The number of nitrogens with one attached hydrogen (secondary N) is 1. The van der Waals surface area contributed by atoms with E-state index in [0.717, 1.165) is 50.1 Å². The second-order valence-electron chi connectivity index (χ2n) is 10.1. The molecule has 0 aliphatic carbocycles. The minimum absolute atomic E-state index is 0.0490. The first-order valence-electron chi connectivity index (χ1n) is 12.4.